The highest BCUT2D eigenvalue weighted by atomic mass is 16.3. The molecule has 2 heterocycles. The summed E-state index contributed by atoms with van der Waals surface area (Å²) in [6.07, 6.45) is 0. The van der Waals surface area contributed by atoms with E-state index in [-0.39, 0.29) is 0 Å². The van der Waals surface area contributed by atoms with E-state index in [9.17, 15) is 0 Å². The Morgan fingerprint density at radius 3 is 1.77 bits per heavy atom. The van der Waals surface area contributed by atoms with Crippen LogP contribution in [0.25, 0.3) is 82.8 Å². The highest BCUT2D eigenvalue weighted by Crippen LogP contribution is 2.48. The standard InChI is InChI=1S/C54H36N2O/c1-4-16-37(17-5-1)39-28-31-44(38-18-6-2-7-19-38)51(35-39)56(42-30-32-46-45-23-11-14-26-50(45)55(52(46)36-42)41-20-8-3-9-21-41)49-25-13-10-22-43(49)40-29-33-54-48(34-40)47-24-12-15-27-53(47)57-54/h1-36H. The van der Waals surface area contributed by atoms with E-state index in [4.69, 9.17) is 4.42 Å². The van der Waals surface area contributed by atoms with Crippen LogP contribution in [0.4, 0.5) is 17.1 Å². The maximum Gasteiger partial charge on any atom is 0.135 e. The molecule has 11 aromatic rings. The van der Waals surface area contributed by atoms with Crippen molar-refractivity contribution in [2.24, 2.45) is 0 Å². The average molecular weight is 729 g/mol. The molecule has 9 aromatic carbocycles. The maximum absolute atomic E-state index is 6.28. The van der Waals surface area contributed by atoms with Crippen LogP contribution in [0.5, 0.6) is 0 Å². The Hall–Kier alpha value is -7.62. The molecule has 0 saturated carbocycles. The van der Waals surface area contributed by atoms with Crippen LogP contribution in [0.15, 0.2) is 223 Å². The van der Waals surface area contributed by atoms with E-state index < -0.39 is 0 Å². The fourth-order valence-corrected chi connectivity index (χ4v) is 8.56. The molecule has 0 radical (unpaired) electrons. The zero-order valence-corrected chi connectivity index (χ0v) is 31.1. The number of hydrogen-bond acceptors (Lipinski definition) is 2. The van der Waals surface area contributed by atoms with Crippen LogP contribution in [0.1, 0.15) is 0 Å². The molecule has 0 aliphatic rings. The Labute approximate surface area is 330 Å². The first-order valence-electron chi connectivity index (χ1n) is 19.4. The molecule has 57 heavy (non-hydrogen) atoms. The monoisotopic (exact) mass is 728 g/mol. The van der Waals surface area contributed by atoms with Crippen molar-refractivity contribution in [3.05, 3.63) is 218 Å². The highest BCUT2D eigenvalue weighted by molar-refractivity contribution is 6.11. The zero-order valence-electron chi connectivity index (χ0n) is 31.1. The third-order valence-electron chi connectivity index (χ3n) is 11.2. The Kier molecular flexibility index (Phi) is 7.82. The summed E-state index contributed by atoms with van der Waals surface area (Å²) >= 11 is 0. The summed E-state index contributed by atoms with van der Waals surface area (Å²) in [7, 11) is 0. The van der Waals surface area contributed by atoms with Gasteiger partial charge in [0.2, 0.25) is 0 Å². The molecule has 0 N–H and O–H groups in total. The minimum atomic E-state index is 0.885. The topological polar surface area (TPSA) is 21.3 Å². The number of aromatic nitrogens is 1. The van der Waals surface area contributed by atoms with E-state index in [1.807, 2.05) is 12.1 Å². The lowest BCUT2D eigenvalue weighted by Crippen LogP contribution is -2.13. The van der Waals surface area contributed by atoms with Crippen molar-refractivity contribution < 1.29 is 4.42 Å². The van der Waals surface area contributed by atoms with Gasteiger partial charge in [-0.1, -0.05) is 158 Å². The van der Waals surface area contributed by atoms with Crippen LogP contribution in [-0.2, 0) is 0 Å². The summed E-state index contributed by atoms with van der Waals surface area (Å²) in [5.74, 6) is 0. The van der Waals surface area contributed by atoms with E-state index in [0.29, 0.717) is 0 Å². The average Bonchev–Trinajstić information content (AvgIpc) is 3.83. The Balaban J connectivity index is 1.22. The lowest BCUT2D eigenvalue weighted by molar-refractivity contribution is 0.669. The van der Waals surface area contributed by atoms with E-state index in [1.165, 1.54) is 21.9 Å². The van der Waals surface area contributed by atoms with Gasteiger partial charge in [0.25, 0.3) is 0 Å². The maximum atomic E-state index is 6.28. The van der Waals surface area contributed by atoms with Gasteiger partial charge in [0, 0.05) is 44.0 Å². The van der Waals surface area contributed by atoms with Crippen LogP contribution < -0.4 is 4.90 Å². The van der Waals surface area contributed by atoms with Gasteiger partial charge in [0.15, 0.2) is 0 Å². The Bertz CT molecular complexity index is 3230. The summed E-state index contributed by atoms with van der Waals surface area (Å²) in [5, 5.41) is 4.66. The van der Waals surface area contributed by atoms with E-state index in [0.717, 1.165) is 78.0 Å². The second-order valence-corrected chi connectivity index (χ2v) is 14.5. The molecular weight excluding hydrogens is 693 g/mol. The molecule has 0 aliphatic carbocycles. The minimum Gasteiger partial charge on any atom is -0.456 e. The number of anilines is 3. The molecule has 0 fully saturated rings. The quantitative estimate of drug-likeness (QED) is 0.163. The van der Waals surface area contributed by atoms with Crippen LogP contribution in [0.2, 0.25) is 0 Å². The van der Waals surface area contributed by atoms with Gasteiger partial charge in [-0.05, 0) is 82.9 Å². The first kappa shape index (κ1) is 32.8. The van der Waals surface area contributed by atoms with Gasteiger partial charge < -0.3 is 13.9 Å². The predicted octanol–water partition coefficient (Wildman–Crippen LogP) is 15.2. The largest absolute Gasteiger partial charge is 0.456 e. The molecule has 0 saturated heterocycles. The molecule has 0 atom stereocenters. The second kappa shape index (κ2) is 13.6. The minimum absolute atomic E-state index is 0.885. The second-order valence-electron chi connectivity index (χ2n) is 14.5. The van der Waals surface area contributed by atoms with Gasteiger partial charge in [-0.2, -0.15) is 0 Å². The number of benzene rings is 9. The molecule has 0 bridgehead atoms. The van der Waals surface area contributed by atoms with Crippen LogP contribution in [0.3, 0.4) is 0 Å². The molecule has 2 aromatic heterocycles. The number of rotatable bonds is 7. The highest BCUT2D eigenvalue weighted by Gasteiger charge is 2.23. The summed E-state index contributed by atoms with van der Waals surface area (Å²) in [6, 6.07) is 78.4. The summed E-state index contributed by atoms with van der Waals surface area (Å²) < 4.78 is 8.68. The first-order chi connectivity index (χ1) is 28.3. The van der Waals surface area contributed by atoms with Crippen molar-refractivity contribution in [3.63, 3.8) is 0 Å². The van der Waals surface area contributed by atoms with E-state index in [2.05, 4.69) is 216 Å². The summed E-state index contributed by atoms with van der Waals surface area (Å²) in [6.45, 7) is 0. The van der Waals surface area contributed by atoms with Crippen molar-refractivity contribution in [1.29, 1.82) is 0 Å². The molecule has 0 spiro atoms. The van der Waals surface area contributed by atoms with Crippen LogP contribution in [-0.4, -0.2) is 4.57 Å². The molecule has 11 rings (SSSR count). The molecule has 268 valence electrons. The lowest BCUT2D eigenvalue weighted by atomic mass is 9.95. The number of furan rings is 1. The van der Waals surface area contributed by atoms with Crippen molar-refractivity contribution in [1.82, 2.24) is 4.57 Å². The first-order valence-corrected chi connectivity index (χ1v) is 19.4. The molecule has 0 unspecified atom stereocenters. The number of fused-ring (bicyclic) bond motifs is 6. The van der Waals surface area contributed by atoms with Gasteiger partial charge in [0.05, 0.1) is 22.4 Å². The van der Waals surface area contributed by atoms with E-state index in [1.54, 1.807) is 0 Å². The van der Waals surface area contributed by atoms with E-state index >= 15 is 0 Å². The number of nitrogens with zero attached hydrogens (tertiary/aromatic N) is 2. The van der Waals surface area contributed by atoms with Crippen molar-refractivity contribution in [2.45, 2.75) is 0 Å². The van der Waals surface area contributed by atoms with Gasteiger partial charge in [-0.3, -0.25) is 0 Å². The predicted molar refractivity (Wildman–Crippen MR) is 239 cm³/mol. The fraction of sp³-hybridized carbons (Fsp3) is 0. The van der Waals surface area contributed by atoms with Crippen molar-refractivity contribution in [2.75, 3.05) is 4.90 Å². The zero-order chi connectivity index (χ0) is 37.7. The molecule has 3 nitrogen and oxygen atoms in total. The molecular formula is C54H36N2O. The van der Waals surface area contributed by atoms with Gasteiger partial charge in [-0.25, -0.2) is 0 Å². The Morgan fingerprint density at radius 2 is 0.947 bits per heavy atom. The van der Waals surface area contributed by atoms with Gasteiger partial charge >= 0.3 is 0 Å². The lowest BCUT2D eigenvalue weighted by Gasteiger charge is -2.30. The third-order valence-corrected chi connectivity index (χ3v) is 11.2. The fourth-order valence-electron chi connectivity index (χ4n) is 8.56. The van der Waals surface area contributed by atoms with Crippen molar-refractivity contribution in [3.8, 4) is 39.1 Å². The smallest absolute Gasteiger partial charge is 0.135 e. The Morgan fingerprint density at radius 1 is 0.333 bits per heavy atom. The number of hydrogen-bond donors (Lipinski definition) is 0. The van der Waals surface area contributed by atoms with Crippen LogP contribution in [0, 0.1) is 0 Å². The number of para-hydroxylation sites is 4. The summed E-state index contributed by atoms with van der Waals surface area (Å²) in [4.78, 5) is 2.47. The third kappa shape index (κ3) is 5.60. The normalized spacial score (nSPS) is 11.5. The summed E-state index contributed by atoms with van der Waals surface area (Å²) in [5.41, 5.74) is 15.3. The molecule has 0 aliphatic heterocycles. The molecule has 3 heteroatoms. The van der Waals surface area contributed by atoms with Crippen LogP contribution >= 0.6 is 0 Å². The molecule has 0 amide bonds. The van der Waals surface area contributed by atoms with Gasteiger partial charge in [0.1, 0.15) is 11.2 Å². The van der Waals surface area contributed by atoms with Crippen molar-refractivity contribution >= 4 is 60.8 Å². The van der Waals surface area contributed by atoms with Gasteiger partial charge in [-0.15, -0.1) is 0 Å². The SMILES string of the molecule is c1ccc(-c2ccc(-c3ccccc3)c(N(c3ccc4c5ccccc5n(-c5ccccc5)c4c3)c3ccccc3-c3ccc4oc5ccccc5c4c3)c2)cc1.